The summed E-state index contributed by atoms with van der Waals surface area (Å²) in [6.45, 7) is 0.802. The highest BCUT2D eigenvalue weighted by atomic mass is 16.5. The predicted octanol–water partition coefficient (Wildman–Crippen LogP) is 5.61. The Labute approximate surface area is 158 Å². The standard InChI is InChI=1S/C23H20N2O2/c1-2-7-23-18(4-1)15-25(24-23)19-10-12-20(13-11-19)27-22-6-3-5-21(14-22)26-16-17-8-9-17/h1-7,10-15,17H,8-9,16H2. The summed E-state index contributed by atoms with van der Waals surface area (Å²) >= 11 is 0. The smallest absolute Gasteiger partial charge is 0.131 e. The molecule has 1 aliphatic rings. The molecular weight excluding hydrogens is 336 g/mol. The lowest BCUT2D eigenvalue weighted by Gasteiger charge is -2.09. The fourth-order valence-corrected chi connectivity index (χ4v) is 3.03. The Kier molecular flexibility index (Phi) is 4.02. The van der Waals surface area contributed by atoms with Crippen LogP contribution in [-0.4, -0.2) is 16.4 Å². The van der Waals surface area contributed by atoms with E-state index in [-0.39, 0.29) is 0 Å². The molecule has 27 heavy (non-hydrogen) atoms. The van der Waals surface area contributed by atoms with Gasteiger partial charge in [-0.15, -0.1) is 0 Å². The van der Waals surface area contributed by atoms with Crippen molar-refractivity contribution in [2.75, 3.05) is 6.61 Å². The molecule has 5 rings (SSSR count). The number of hydrogen-bond acceptors (Lipinski definition) is 3. The molecule has 0 N–H and O–H groups in total. The molecule has 0 unspecified atom stereocenters. The molecule has 0 saturated heterocycles. The van der Waals surface area contributed by atoms with Crippen molar-refractivity contribution in [2.45, 2.75) is 12.8 Å². The topological polar surface area (TPSA) is 36.3 Å². The second kappa shape index (κ2) is 6.80. The molecule has 0 radical (unpaired) electrons. The van der Waals surface area contributed by atoms with Crippen LogP contribution in [0.15, 0.2) is 79.0 Å². The molecule has 1 aliphatic carbocycles. The second-order valence-electron chi connectivity index (χ2n) is 6.96. The van der Waals surface area contributed by atoms with Crippen LogP contribution in [0.2, 0.25) is 0 Å². The maximum absolute atomic E-state index is 5.98. The third-order valence-corrected chi connectivity index (χ3v) is 4.74. The van der Waals surface area contributed by atoms with Gasteiger partial charge >= 0.3 is 0 Å². The molecule has 4 nitrogen and oxygen atoms in total. The van der Waals surface area contributed by atoms with Gasteiger partial charge in [-0.1, -0.05) is 24.3 Å². The van der Waals surface area contributed by atoms with Gasteiger partial charge in [0.1, 0.15) is 17.2 Å². The van der Waals surface area contributed by atoms with E-state index in [4.69, 9.17) is 9.47 Å². The molecule has 1 heterocycles. The molecular formula is C23H20N2O2. The van der Waals surface area contributed by atoms with E-state index in [2.05, 4.69) is 11.2 Å². The first-order chi connectivity index (χ1) is 13.3. The van der Waals surface area contributed by atoms with Gasteiger partial charge in [-0.05, 0) is 61.2 Å². The van der Waals surface area contributed by atoms with E-state index >= 15 is 0 Å². The minimum Gasteiger partial charge on any atom is -0.493 e. The number of aromatic nitrogens is 2. The number of ether oxygens (including phenoxy) is 2. The van der Waals surface area contributed by atoms with Crippen LogP contribution in [0.3, 0.4) is 0 Å². The quantitative estimate of drug-likeness (QED) is 0.451. The Balaban J connectivity index is 1.30. The first-order valence-electron chi connectivity index (χ1n) is 9.29. The van der Waals surface area contributed by atoms with Crippen LogP contribution >= 0.6 is 0 Å². The van der Waals surface area contributed by atoms with E-state index in [1.165, 1.54) is 12.8 Å². The van der Waals surface area contributed by atoms with Gasteiger partial charge in [-0.2, -0.15) is 5.10 Å². The average Bonchev–Trinajstić information content (AvgIpc) is 3.44. The molecule has 1 fully saturated rings. The fourth-order valence-electron chi connectivity index (χ4n) is 3.03. The Hall–Kier alpha value is -3.27. The highest BCUT2D eigenvalue weighted by Gasteiger charge is 2.21. The number of benzene rings is 3. The van der Waals surface area contributed by atoms with Gasteiger partial charge in [0, 0.05) is 17.6 Å². The third kappa shape index (κ3) is 3.65. The summed E-state index contributed by atoms with van der Waals surface area (Å²) in [7, 11) is 0. The summed E-state index contributed by atoms with van der Waals surface area (Å²) in [5.74, 6) is 3.16. The van der Waals surface area contributed by atoms with Gasteiger partial charge in [-0.25, -0.2) is 4.68 Å². The zero-order chi connectivity index (χ0) is 18.1. The van der Waals surface area contributed by atoms with E-state index < -0.39 is 0 Å². The minimum absolute atomic E-state index is 0.737. The number of hydrogen-bond donors (Lipinski definition) is 0. The van der Waals surface area contributed by atoms with Gasteiger partial charge < -0.3 is 9.47 Å². The average molecular weight is 356 g/mol. The number of rotatable bonds is 6. The van der Waals surface area contributed by atoms with Gasteiger partial charge in [-0.3, -0.25) is 0 Å². The molecule has 134 valence electrons. The SMILES string of the molecule is c1cc(OCC2CC2)cc(Oc2ccc(-n3cc4ccccc4n3)cc2)c1. The second-order valence-corrected chi connectivity index (χ2v) is 6.96. The molecule has 0 aliphatic heterocycles. The van der Waals surface area contributed by atoms with Crippen molar-refractivity contribution in [3.8, 4) is 22.9 Å². The normalized spacial score (nSPS) is 13.6. The predicted molar refractivity (Wildman–Crippen MR) is 106 cm³/mol. The zero-order valence-electron chi connectivity index (χ0n) is 14.9. The van der Waals surface area contributed by atoms with Crippen molar-refractivity contribution < 1.29 is 9.47 Å². The van der Waals surface area contributed by atoms with E-state index in [9.17, 15) is 0 Å². The Morgan fingerprint density at radius 3 is 2.48 bits per heavy atom. The summed E-state index contributed by atoms with van der Waals surface area (Å²) in [6, 6.07) is 23.8. The van der Waals surface area contributed by atoms with Crippen LogP contribution in [0.25, 0.3) is 16.6 Å². The summed E-state index contributed by atoms with van der Waals surface area (Å²) in [5, 5.41) is 5.73. The Morgan fingerprint density at radius 2 is 1.67 bits per heavy atom. The number of fused-ring (bicyclic) bond motifs is 1. The van der Waals surface area contributed by atoms with Gasteiger partial charge in [0.15, 0.2) is 0 Å². The summed E-state index contributed by atoms with van der Waals surface area (Å²) in [4.78, 5) is 0. The molecule has 4 heteroatoms. The Bertz CT molecular complexity index is 1030. The van der Waals surface area contributed by atoms with Gasteiger partial charge in [0.2, 0.25) is 0 Å². The lowest BCUT2D eigenvalue weighted by molar-refractivity contribution is 0.298. The monoisotopic (exact) mass is 356 g/mol. The van der Waals surface area contributed by atoms with Crippen LogP contribution in [0.4, 0.5) is 0 Å². The Morgan fingerprint density at radius 1 is 0.852 bits per heavy atom. The van der Waals surface area contributed by atoms with Crippen molar-refractivity contribution in [3.63, 3.8) is 0 Å². The molecule has 0 bridgehead atoms. The van der Waals surface area contributed by atoms with Crippen molar-refractivity contribution >= 4 is 10.9 Å². The van der Waals surface area contributed by atoms with Crippen LogP contribution in [0, 0.1) is 5.92 Å². The van der Waals surface area contributed by atoms with Crippen molar-refractivity contribution in [1.82, 2.24) is 9.78 Å². The summed E-state index contributed by atoms with van der Waals surface area (Å²) in [5.41, 5.74) is 1.99. The number of nitrogens with zero attached hydrogens (tertiary/aromatic N) is 2. The molecule has 1 aromatic heterocycles. The summed E-state index contributed by atoms with van der Waals surface area (Å²) in [6.07, 6.45) is 4.61. The maximum Gasteiger partial charge on any atom is 0.131 e. The fraction of sp³-hybridized carbons (Fsp3) is 0.174. The molecule has 0 atom stereocenters. The first-order valence-corrected chi connectivity index (χ1v) is 9.29. The van der Waals surface area contributed by atoms with Crippen LogP contribution < -0.4 is 9.47 Å². The van der Waals surface area contributed by atoms with Crippen LogP contribution in [0.1, 0.15) is 12.8 Å². The third-order valence-electron chi connectivity index (χ3n) is 4.74. The van der Waals surface area contributed by atoms with Crippen LogP contribution in [-0.2, 0) is 0 Å². The largest absolute Gasteiger partial charge is 0.493 e. The van der Waals surface area contributed by atoms with E-state index in [0.29, 0.717) is 0 Å². The zero-order valence-corrected chi connectivity index (χ0v) is 14.9. The van der Waals surface area contributed by atoms with Crippen molar-refractivity contribution in [1.29, 1.82) is 0 Å². The van der Waals surface area contributed by atoms with Gasteiger partial charge in [0.25, 0.3) is 0 Å². The van der Waals surface area contributed by atoms with E-state index in [1.807, 2.05) is 77.6 Å². The minimum atomic E-state index is 0.737. The van der Waals surface area contributed by atoms with Gasteiger partial charge in [0.05, 0.1) is 17.8 Å². The van der Waals surface area contributed by atoms with Crippen molar-refractivity contribution in [2.24, 2.45) is 5.92 Å². The lowest BCUT2D eigenvalue weighted by atomic mass is 10.2. The highest BCUT2D eigenvalue weighted by Crippen LogP contribution is 2.31. The lowest BCUT2D eigenvalue weighted by Crippen LogP contribution is -1.98. The summed E-state index contributed by atoms with van der Waals surface area (Å²) < 4.78 is 13.7. The van der Waals surface area contributed by atoms with Crippen molar-refractivity contribution in [3.05, 3.63) is 79.0 Å². The molecule has 0 spiro atoms. The molecule has 4 aromatic rings. The maximum atomic E-state index is 5.98. The molecule has 3 aromatic carbocycles. The van der Waals surface area contributed by atoms with E-state index in [1.54, 1.807) is 0 Å². The molecule has 1 saturated carbocycles. The molecule has 0 amide bonds. The van der Waals surface area contributed by atoms with Crippen LogP contribution in [0.5, 0.6) is 17.2 Å². The first kappa shape index (κ1) is 15.9. The highest BCUT2D eigenvalue weighted by molar-refractivity contribution is 5.78. The van der Waals surface area contributed by atoms with E-state index in [0.717, 1.165) is 46.4 Å².